The van der Waals surface area contributed by atoms with Gasteiger partial charge >= 0.3 is 0 Å². The van der Waals surface area contributed by atoms with Crippen LogP contribution in [0.2, 0.25) is 5.02 Å². The first-order valence-electron chi connectivity index (χ1n) is 12.0. The van der Waals surface area contributed by atoms with Crippen LogP contribution in [-0.4, -0.2) is 50.4 Å². The molecule has 0 aliphatic carbocycles. The summed E-state index contributed by atoms with van der Waals surface area (Å²) in [6.07, 6.45) is 7.71. The third-order valence-electron chi connectivity index (χ3n) is 7.12. The summed E-state index contributed by atoms with van der Waals surface area (Å²) in [6, 6.07) is 9.98. The van der Waals surface area contributed by atoms with Gasteiger partial charge in [-0.1, -0.05) is 11.6 Å². The summed E-state index contributed by atoms with van der Waals surface area (Å²) >= 11 is 8.58. The quantitative estimate of drug-likeness (QED) is 0.290. The van der Waals surface area contributed by atoms with E-state index in [1.807, 2.05) is 25.3 Å². The second kappa shape index (κ2) is 9.26. The van der Waals surface area contributed by atoms with Crippen molar-refractivity contribution >= 4 is 43.9 Å². The number of hydrogen-bond donors (Lipinski definition) is 0. The molecule has 1 unspecified atom stereocenters. The number of benzene rings is 2. The smallest absolute Gasteiger partial charge is 0.246 e. The van der Waals surface area contributed by atoms with Crippen molar-refractivity contribution in [1.82, 2.24) is 28.9 Å². The van der Waals surface area contributed by atoms with E-state index in [2.05, 4.69) is 15.2 Å². The third kappa shape index (κ3) is 4.33. The lowest BCUT2D eigenvalue weighted by Crippen LogP contribution is -2.36. The van der Waals surface area contributed by atoms with Crippen LogP contribution < -0.4 is 0 Å². The second-order valence-corrected chi connectivity index (χ2v) is 13.3. The Labute approximate surface area is 228 Å². The van der Waals surface area contributed by atoms with Crippen molar-refractivity contribution in [3.63, 3.8) is 0 Å². The van der Waals surface area contributed by atoms with Crippen LogP contribution in [0, 0.1) is 12.7 Å². The number of rotatable bonds is 6. The zero-order valence-corrected chi connectivity index (χ0v) is 23.1. The van der Waals surface area contributed by atoms with Gasteiger partial charge in [0.1, 0.15) is 10.7 Å². The maximum Gasteiger partial charge on any atom is 0.246 e. The Bertz CT molecular complexity index is 1760. The number of aromatic nitrogens is 5. The number of fused-ring (bicyclic) bond motifs is 1. The largest absolute Gasteiger partial charge is 0.274 e. The molecule has 1 fully saturated rings. The number of aryl methyl sites for hydroxylation is 2. The second-order valence-electron chi connectivity index (χ2n) is 9.66. The van der Waals surface area contributed by atoms with Crippen LogP contribution in [0.15, 0.2) is 66.1 Å². The van der Waals surface area contributed by atoms with E-state index in [9.17, 15) is 12.8 Å². The molecule has 38 heavy (non-hydrogen) atoms. The van der Waals surface area contributed by atoms with Crippen molar-refractivity contribution < 1.29 is 12.8 Å². The van der Waals surface area contributed by atoms with Crippen molar-refractivity contribution in [2.24, 2.45) is 7.05 Å². The third-order valence-corrected chi connectivity index (χ3v) is 10.1. The van der Waals surface area contributed by atoms with Gasteiger partial charge in [-0.3, -0.25) is 4.68 Å². The number of nitrogens with zero attached hydrogens (tertiary/aromatic N) is 6. The van der Waals surface area contributed by atoms with Crippen LogP contribution >= 0.6 is 22.9 Å². The number of halogens is 2. The minimum atomic E-state index is -3.73. The first-order chi connectivity index (χ1) is 18.1. The summed E-state index contributed by atoms with van der Waals surface area (Å²) in [5.74, 6) is -0.321. The molecule has 196 valence electrons. The fourth-order valence-corrected chi connectivity index (χ4v) is 8.05. The van der Waals surface area contributed by atoms with Gasteiger partial charge < -0.3 is 0 Å². The maximum atomic E-state index is 13.5. The highest BCUT2D eigenvalue weighted by Gasteiger charge is 2.46. The summed E-state index contributed by atoms with van der Waals surface area (Å²) in [7, 11) is -2.03. The minimum absolute atomic E-state index is 0.173. The number of thiazole rings is 1. The van der Waals surface area contributed by atoms with Gasteiger partial charge in [0.15, 0.2) is 0 Å². The van der Waals surface area contributed by atoms with Crippen LogP contribution in [0.5, 0.6) is 0 Å². The molecule has 2 aromatic carbocycles. The van der Waals surface area contributed by atoms with Gasteiger partial charge in [0.2, 0.25) is 10.0 Å². The fraction of sp³-hybridized carbons (Fsp3) is 0.269. The van der Waals surface area contributed by atoms with Crippen LogP contribution in [0.4, 0.5) is 4.39 Å². The van der Waals surface area contributed by atoms with E-state index >= 15 is 0 Å². The standard InChI is InChI=1S/C26H24ClFN6O2S2/c1-17-29-13-21(37-17)11-26(7-8-33(16-26)38(35,36)22-14-30-32(2)15-22)23-9-18-12-31-34(25(18)10-24(23)27)20-5-3-19(28)4-6-20/h3-6,9-10,12-15H,7-8,11,16H2,1-2H3. The molecule has 0 spiro atoms. The topological polar surface area (TPSA) is 85.9 Å². The Morgan fingerprint density at radius 3 is 2.61 bits per heavy atom. The van der Waals surface area contributed by atoms with Crippen LogP contribution in [0.25, 0.3) is 16.6 Å². The Morgan fingerprint density at radius 1 is 1.13 bits per heavy atom. The molecule has 3 aromatic heterocycles. The molecule has 0 amide bonds. The molecule has 4 heterocycles. The summed E-state index contributed by atoms with van der Waals surface area (Å²) in [6.45, 7) is 2.59. The lowest BCUT2D eigenvalue weighted by atomic mass is 9.76. The lowest BCUT2D eigenvalue weighted by Gasteiger charge is -2.30. The van der Waals surface area contributed by atoms with Gasteiger partial charge in [-0.05, 0) is 61.7 Å². The van der Waals surface area contributed by atoms with E-state index in [4.69, 9.17) is 11.6 Å². The summed E-state index contributed by atoms with van der Waals surface area (Å²) in [4.78, 5) is 5.66. The molecule has 8 nitrogen and oxygen atoms in total. The molecule has 0 bridgehead atoms. The maximum absolute atomic E-state index is 13.5. The van der Waals surface area contributed by atoms with E-state index in [0.29, 0.717) is 24.4 Å². The Kier molecular flexibility index (Phi) is 6.14. The van der Waals surface area contributed by atoms with Gasteiger partial charge in [0.05, 0.1) is 28.6 Å². The van der Waals surface area contributed by atoms with E-state index < -0.39 is 15.4 Å². The molecule has 1 aliphatic rings. The Morgan fingerprint density at radius 2 is 1.92 bits per heavy atom. The van der Waals surface area contributed by atoms with Gasteiger partial charge in [-0.15, -0.1) is 11.3 Å². The van der Waals surface area contributed by atoms with Gasteiger partial charge in [-0.25, -0.2) is 22.5 Å². The highest BCUT2D eigenvalue weighted by atomic mass is 35.5. The van der Waals surface area contributed by atoms with Crippen LogP contribution in [0.3, 0.4) is 0 Å². The van der Waals surface area contributed by atoms with E-state index in [0.717, 1.165) is 32.0 Å². The molecular formula is C26H24ClFN6O2S2. The predicted molar refractivity (Wildman–Crippen MR) is 145 cm³/mol. The van der Waals surface area contributed by atoms with E-state index in [1.165, 1.54) is 33.5 Å². The number of hydrogen-bond acceptors (Lipinski definition) is 6. The van der Waals surface area contributed by atoms with Gasteiger partial charge in [0.25, 0.3) is 0 Å². The molecule has 0 radical (unpaired) electrons. The first kappa shape index (κ1) is 25.2. The Balaban J connectivity index is 1.44. The minimum Gasteiger partial charge on any atom is -0.274 e. The lowest BCUT2D eigenvalue weighted by molar-refractivity contribution is 0.417. The van der Waals surface area contributed by atoms with Crippen molar-refractivity contribution in [2.45, 2.75) is 30.1 Å². The molecular weight excluding hydrogens is 547 g/mol. The SMILES string of the molecule is Cc1ncc(CC2(c3cc4cnn(-c5ccc(F)cc5)c4cc3Cl)CCN(S(=O)(=O)c3cnn(C)c3)C2)s1. The normalized spacial score (nSPS) is 18.5. The van der Waals surface area contributed by atoms with Crippen molar-refractivity contribution in [3.8, 4) is 5.69 Å². The zero-order chi connectivity index (χ0) is 26.7. The molecule has 6 rings (SSSR count). The van der Waals surface area contributed by atoms with Gasteiger partial charge in [-0.2, -0.15) is 14.5 Å². The van der Waals surface area contributed by atoms with Gasteiger partial charge in [0, 0.05) is 53.2 Å². The molecule has 1 aliphatic heterocycles. The molecule has 1 atom stereocenters. The summed E-state index contributed by atoms with van der Waals surface area (Å²) in [5, 5.41) is 10.9. The molecule has 5 aromatic rings. The van der Waals surface area contributed by atoms with Crippen molar-refractivity contribution in [1.29, 1.82) is 0 Å². The molecule has 0 saturated carbocycles. The first-order valence-corrected chi connectivity index (χ1v) is 14.6. The number of sulfonamides is 1. The monoisotopic (exact) mass is 570 g/mol. The average molecular weight is 571 g/mol. The van der Waals surface area contributed by atoms with Crippen molar-refractivity contribution in [2.75, 3.05) is 13.1 Å². The summed E-state index contributed by atoms with van der Waals surface area (Å²) < 4.78 is 45.2. The van der Waals surface area contributed by atoms with Crippen molar-refractivity contribution in [3.05, 3.63) is 87.5 Å². The predicted octanol–water partition coefficient (Wildman–Crippen LogP) is 4.89. The summed E-state index contributed by atoms with van der Waals surface area (Å²) in [5.41, 5.74) is 1.82. The van der Waals surface area contributed by atoms with Crippen LogP contribution in [-0.2, 0) is 28.9 Å². The molecule has 1 saturated heterocycles. The average Bonchev–Trinajstić information content (AvgIpc) is 3.67. The molecule has 0 N–H and O–H groups in total. The highest BCUT2D eigenvalue weighted by Crippen LogP contribution is 2.44. The van der Waals surface area contributed by atoms with E-state index in [-0.39, 0.29) is 17.3 Å². The van der Waals surface area contributed by atoms with E-state index in [1.54, 1.807) is 41.4 Å². The fourth-order valence-electron chi connectivity index (χ4n) is 5.24. The molecule has 12 heteroatoms. The highest BCUT2D eigenvalue weighted by molar-refractivity contribution is 7.89. The zero-order valence-electron chi connectivity index (χ0n) is 20.7. The van der Waals surface area contributed by atoms with Crippen LogP contribution in [0.1, 0.15) is 21.9 Å². The Hall–Kier alpha value is -3.12.